The van der Waals surface area contributed by atoms with E-state index in [1.165, 1.54) is 12.5 Å². The SMILES string of the molecule is CC(=O)Oc1c2ccccc2cc2cccc(C(C)(C)C)c12. The summed E-state index contributed by atoms with van der Waals surface area (Å²) in [4.78, 5) is 11.6. The number of ether oxygens (including phenoxy) is 1. The van der Waals surface area contributed by atoms with E-state index in [0.717, 1.165) is 21.5 Å². The molecule has 0 aliphatic carbocycles. The molecule has 0 aliphatic heterocycles. The molecule has 0 fully saturated rings. The summed E-state index contributed by atoms with van der Waals surface area (Å²) in [6, 6.07) is 16.4. The first kappa shape index (κ1) is 14.6. The van der Waals surface area contributed by atoms with Crippen molar-refractivity contribution < 1.29 is 9.53 Å². The summed E-state index contributed by atoms with van der Waals surface area (Å²) in [5.41, 5.74) is 1.16. The zero-order valence-electron chi connectivity index (χ0n) is 13.4. The largest absolute Gasteiger partial charge is 0.425 e. The van der Waals surface area contributed by atoms with Gasteiger partial charge in [-0.05, 0) is 27.8 Å². The fourth-order valence-corrected chi connectivity index (χ4v) is 2.95. The molecule has 0 saturated heterocycles. The fourth-order valence-electron chi connectivity index (χ4n) is 2.95. The van der Waals surface area contributed by atoms with Crippen LogP contribution >= 0.6 is 0 Å². The summed E-state index contributed by atoms with van der Waals surface area (Å²) >= 11 is 0. The Morgan fingerprint density at radius 3 is 2.32 bits per heavy atom. The van der Waals surface area contributed by atoms with Crippen LogP contribution in [0.4, 0.5) is 0 Å². The molecule has 0 heterocycles. The highest BCUT2D eigenvalue weighted by Gasteiger charge is 2.21. The maximum Gasteiger partial charge on any atom is 0.308 e. The first-order chi connectivity index (χ1) is 10.4. The molecule has 2 nitrogen and oxygen atoms in total. The van der Waals surface area contributed by atoms with Gasteiger partial charge in [0, 0.05) is 17.7 Å². The molecular formula is C20H20O2. The van der Waals surface area contributed by atoms with Gasteiger partial charge in [-0.3, -0.25) is 4.79 Å². The maximum absolute atomic E-state index is 11.6. The van der Waals surface area contributed by atoms with Gasteiger partial charge < -0.3 is 4.74 Å². The molecule has 3 aromatic carbocycles. The van der Waals surface area contributed by atoms with E-state index < -0.39 is 0 Å². The Labute approximate surface area is 130 Å². The highest BCUT2D eigenvalue weighted by atomic mass is 16.5. The summed E-state index contributed by atoms with van der Waals surface area (Å²) < 4.78 is 5.64. The predicted octanol–water partition coefficient (Wildman–Crippen LogP) is 5.22. The molecule has 0 radical (unpaired) electrons. The molecule has 0 aliphatic rings. The third-order valence-corrected chi connectivity index (χ3v) is 3.89. The topological polar surface area (TPSA) is 26.3 Å². The minimum Gasteiger partial charge on any atom is -0.425 e. The van der Waals surface area contributed by atoms with Crippen LogP contribution in [0.2, 0.25) is 0 Å². The van der Waals surface area contributed by atoms with Gasteiger partial charge in [-0.25, -0.2) is 0 Å². The lowest BCUT2D eigenvalue weighted by Gasteiger charge is -2.23. The van der Waals surface area contributed by atoms with E-state index in [-0.39, 0.29) is 11.4 Å². The third-order valence-electron chi connectivity index (χ3n) is 3.89. The average Bonchev–Trinajstić information content (AvgIpc) is 2.45. The van der Waals surface area contributed by atoms with E-state index in [2.05, 4.69) is 45.0 Å². The predicted molar refractivity (Wildman–Crippen MR) is 91.5 cm³/mol. The molecule has 22 heavy (non-hydrogen) atoms. The van der Waals surface area contributed by atoms with Crippen LogP contribution in [0.1, 0.15) is 33.3 Å². The van der Waals surface area contributed by atoms with Crippen molar-refractivity contribution in [2.75, 3.05) is 0 Å². The first-order valence-electron chi connectivity index (χ1n) is 7.51. The summed E-state index contributed by atoms with van der Waals surface area (Å²) in [6.45, 7) is 7.98. The van der Waals surface area contributed by atoms with Crippen molar-refractivity contribution in [2.45, 2.75) is 33.1 Å². The van der Waals surface area contributed by atoms with Crippen molar-refractivity contribution in [1.82, 2.24) is 0 Å². The van der Waals surface area contributed by atoms with Crippen LogP contribution < -0.4 is 4.74 Å². The lowest BCUT2D eigenvalue weighted by atomic mass is 9.82. The van der Waals surface area contributed by atoms with Gasteiger partial charge in [0.1, 0.15) is 5.75 Å². The second-order valence-corrected chi connectivity index (χ2v) is 6.67. The highest BCUT2D eigenvalue weighted by molar-refractivity contribution is 6.08. The molecule has 0 unspecified atom stereocenters. The van der Waals surface area contributed by atoms with E-state index in [1.54, 1.807) is 0 Å². The van der Waals surface area contributed by atoms with Crippen LogP contribution in [0, 0.1) is 0 Å². The molecule has 112 valence electrons. The minimum absolute atomic E-state index is 0.0309. The van der Waals surface area contributed by atoms with Gasteiger partial charge in [0.15, 0.2) is 0 Å². The molecule has 0 aromatic heterocycles. The second-order valence-electron chi connectivity index (χ2n) is 6.67. The third kappa shape index (κ3) is 2.45. The zero-order valence-corrected chi connectivity index (χ0v) is 13.4. The van der Waals surface area contributed by atoms with Crippen molar-refractivity contribution in [1.29, 1.82) is 0 Å². The smallest absolute Gasteiger partial charge is 0.308 e. The molecule has 3 rings (SSSR count). The molecule has 0 N–H and O–H groups in total. The zero-order chi connectivity index (χ0) is 15.9. The molecule has 2 heteroatoms. The monoisotopic (exact) mass is 292 g/mol. The van der Waals surface area contributed by atoms with Gasteiger partial charge in [-0.2, -0.15) is 0 Å². The molecule has 0 atom stereocenters. The van der Waals surface area contributed by atoms with Crippen LogP contribution in [0.5, 0.6) is 5.75 Å². The van der Waals surface area contributed by atoms with Crippen molar-refractivity contribution in [3.05, 3.63) is 54.1 Å². The number of benzene rings is 3. The average molecular weight is 292 g/mol. The number of fused-ring (bicyclic) bond motifs is 2. The van der Waals surface area contributed by atoms with E-state index >= 15 is 0 Å². The minimum atomic E-state index is -0.290. The molecule has 0 saturated carbocycles. The summed E-state index contributed by atoms with van der Waals surface area (Å²) in [7, 11) is 0. The van der Waals surface area contributed by atoms with Crippen LogP contribution in [-0.2, 0) is 10.2 Å². The Morgan fingerprint density at radius 2 is 1.64 bits per heavy atom. The molecule has 0 spiro atoms. The summed E-state index contributed by atoms with van der Waals surface area (Å²) in [6.07, 6.45) is 0. The molecule has 0 amide bonds. The van der Waals surface area contributed by atoms with Crippen molar-refractivity contribution in [2.24, 2.45) is 0 Å². The van der Waals surface area contributed by atoms with Crippen molar-refractivity contribution in [3.8, 4) is 5.75 Å². The van der Waals surface area contributed by atoms with Crippen LogP contribution in [0.25, 0.3) is 21.5 Å². The van der Waals surface area contributed by atoms with Crippen molar-refractivity contribution in [3.63, 3.8) is 0 Å². The van der Waals surface area contributed by atoms with Gasteiger partial charge in [-0.1, -0.05) is 63.2 Å². The normalized spacial score (nSPS) is 11.8. The van der Waals surface area contributed by atoms with Gasteiger partial charge in [0.25, 0.3) is 0 Å². The summed E-state index contributed by atoms with van der Waals surface area (Å²) in [5, 5.41) is 4.19. The summed E-state index contributed by atoms with van der Waals surface area (Å²) in [5.74, 6) is 0.382. The van der Waals surface area contributed by atoms with Gasteiger partial charge in [0.05, 0.1) is 0 Å². The number of rotatable bonds is 1. The van der Waals surface area contributed by atoms with Gasteiger partial charge in [0.2, 0.25) is 0 Å². The van der Waals surface area contributed by atoms with E-state index in [0.29, 0.717) is 5.75 Å². The highest BCUT2D eigenvalue weighted by Crippen LogP contribution is 2.40. The standard InChI is InChI=1S/C20H20O2/c1-13(21)22-19-16-10-6-5-8-14(16)12-15-9-7-11-17(18(15)19)20(2,3)4/h5-12H,1-4H3. The molecule has 3 aromatic rings. The number of hydrogen-bond acceptors (Lipinski definition) is 2. The Balaban J connectivity index is 2.51. The Kier molecular flexibility index (Phi) is 3.40. The Hall–Kier alpha value is -2.35. The molecule has 0 bridgehead atoms. The van der Waals surface area contributed by atoms with Crippen LogP contribution in [-0.4, -0.2) is 5.97 Å². The molecular weight excluding hydrogens is 272 g/mol. The van der Waals surface area contributed by atoms with Gasteiger partial charge >= 0.3 is 5.97 Å². The van der Waals surface area contributed by atoms with Gasteiger partial charge in [-0.15, -0.1) is 0 Å². The maximum atomic E-state index is 11.6. The van der Waals surface area contributed by atoms with Crippen molar-refractivity contribution >= 4 is 27.5 Å². The van der Waals surface area contributed by atoms with Crippen LogP contribution in [0.15, 0.2) is 48.5 Å². The van der Waals surface area contributed by atoms with Crippen LogP contribution in [0.3, 0.4) is 0 Å². The number of hydrogen-bond donors (Lipinski definition) is 0. The lowest BCUT2D eigenvalue weighted by molar-refractivity contribution is -0.131. The van der Waals surface area contributed by atoms with E-state index in [4.69, 9.17) is 4.74 Å². The number of carbonyl (C=O) groups excluding carboxylic acids is 1. The number of carbonyl (C=O) groups is 1. The van der Waals surface area contributed by atoms with E-state index in [9.17, 15) is 4.79 Å². The number of esters is 1. The lowest BCUT2D eigenvalue weighted by Crippen LogP contribution is -2.13. The van der Waals surface area contributed by atoms with E-state index in [1.807, 2.05) is 24.3 Å². The second kappa shape index (κ2) is 5.13. The quantitative estimate of drug-likeness (QED) is 0.349. The Bertz CT molecular complexity index is 870. The fraction of sp³-hybridized carbons (Fsp3) is 0.250. The Morgan fingerprint density at radius 1 is 0.955 bits per heavy atom. The first-order valence-corrected chi connectivity index (χ1v) is 7.51.